The van der Waals surface area contributed by atoms with E-state index in [-0.39, 0.29) is 36.6 Å². The van der Waals surface area contributed by atoms with Gasteiger partial charge in [0.2, 0.25) is 15.9 Å². The summed E-state index contributed by atoms with van der Waals surface area (Å²) in [6.45, 7) is 4.24. The molecule has 5 aromatic carbocycles. The van der Waals surface area contributed by atoms with Gasteiger partial charge in [-0.3, -0.25) is 4.79 Å². The molecule has 17 heteroatoms. The maximum Gasteiger partial charge on any atom is 0.328 e. The van der Waals surface area contributed by atoms with Crippen molar-refractivity contribution >= 4 is 50.9 Å². The van der Waals surface area contributed by atoms with Crippen LogP contribution in [0.25, 0.3) is 11.1 Å². The molecule has 3 unspecified atom stereocenters. The lowest BCUT2D eigenvalue weighted by Crippen LogP contribution is -2.56. The summed E-state index contributed by atoms with van der Waals surface area (Å²) in [5, 5.41) is 13.0. The van der Waals surface area contributed by atoms with E-state index in [4.69, 9.17) is 51.9 Å². The van der Waals surface area contributed by atoms with Crippen molar-refractivity contribution in [2.45, 2.75) is 56.0 Å². The Balaban J connectivity index is 0.968. The van der Waals surface area contributed by atoms with Crippen LogP contribution >= 0.6 is 23.2 Å². The van der Waals surface area contributed by atoms with Crippen molar-refractivity contribution < 1.29 is 41.7 Å². The van der Waals surface area contributed by atoms with Gasteiger partial charge in [0.15, 0.2) is 17.6 Å². The second-order valence-electron chi connectivity index (χ2n) is 16.9. The van der Waals surface area contributed by atoms with E-state index < -0.39 is 40.1 Å². The van der Waals surface area contributed by atoms with Crippen molar-refractivity contribution in [1.82, 2.24) is 14.6 Å². The first-order valence-corrected chi connectivity index (χ1v) is 24.5. The highest BCUT2D eigenvalue weighted by atomic mass is 35.5. The number of hydrogen-bond acceptors (Lipinski definition) is 12. The first kappa shape index (κ1) is 47.4. The zero-order valence-electron chi connectivity index (χ0n) is 37.7. The van der Waals surface area contributed by atoms with Gasteiger partial charge < -0.3 is 33.9 Å². The van der Waals surface area contributed by atoms with Gasteiger partial charge in [-0.25, -0.2) is 18.2 Å². The van der Waals surface area contributed by atoms with Crippen molar-refractivity contribution in [3.63, 3.8) is 0 Å². The van der Waals surface area contributed by atoms with Crippen LogP contribution in [0.2, 0.25) is 10.0 Å². The van der Waals surface area contributed by atoms with Crippen LogP contribution in [0.15, 0.2) is 120 Å². The Morgan fingerprint density at radius 1 is 0.870 bits per heavy atom. The van der Waals surface area contributed by atoms with Gasteiger partial charge in [0.1, 0.15) is 41.8 Å². The maximum atomic E-state index is 15.0. The van der Waals surface area contributed by atoms with E-state index in [1.54, 1.807) is 49.4 Å². The zero-order valence-corrected chi connectivity index (χ0v) is 40.0. The first-order chi connectivity index (χ1) is 33.4. The molecule has 3 aliphatic rings. The van der Waals surface area contributed by atoms with Gasteiger partial charge in [-0.05, 0) is 113 Å². The molecule has 6 aromatic rings. The highest BCUT2D eigenvalue weighted by Gasteiger charge is 2.43. The number of ether oxygens (including phenoxy) is 5. The summed E-state index contributed by atoms with van der Waals surface area (Å²) in [4.78, 5) is 34.7. The molecule has 4 heterocycles. The number of nitrogens with zero attached hydrogens (tertiary/aromatic N) is 4. The number of fused-ring (bicyclic) bond motifs is 2. The number of methoxy groups -OCH3 is 1. The van der Waals surface area contributed by atoms with Crippen molar-refractivity contribution in [1.29, 1.82) is 5.26 Å². The lowest BCUT2D eigenvalue weighted by molar-refractivity contribution is -0.145. The summed E-state index contributed by atoms with van der Waals surface area (Å²) < 4.78 is 60.5. The van der Waals surface area contributed by atoms with Crippen molar-refractivity contribution in [3.8, 4) is 34.4 Å². The monoisotopic (exact) mass is 987 g/mol. The fourth-order valence-electron chi connectivity index (χ4n) is 8.65. The van der Waals surface area contributed by atoms with Crippen LogP contribution < -0.4 is 24.4 Å². The molecule has 1 N–H and O–H groups in total. The molecule has 14 nitrogen and oxygen atoms in total. The lowest BCUT2D eigenvalue weighted by atomic mass is 9.93. The van der Waals surface area contributed by atoms with Crippen molar-refractivity contribution in [2.75, 3.05) is 44.9 Å². The second kappa shape index (κ2) is 20.5. The zero-order chi connectivity index (χ0) is 48.2. The molecule has 0 spiro atoms. The molecule has 354 valence electrons. The number of benzene rings is 5. The number of esters is 1. The molecule has 69 heavy (non-hydrogen) atoms. The fourth-order valence-corrected chi connectivity index (χ4v) is 10.7. The van der Waals surface area contributed by atoms with Crippen molar-refractivity contribution in [3.05, 3.63) is 164 Å². The normalized spacial score (nSPS) is 17.2. The summed E-state index contributed by atoms with van der Waals surface area (Å²) in [5.41, 5.74) is 6.39. The molecule has 1 fully saturated rings. The summed E-state index contributed by atoms with van der Waals surface area (Å²) in [6.07, 6.45) is -0.444. The number of halogens is 2. The number of rotatable bonds is 13. The fraction of sp³-hybridized carbons (Fsp3) is 0.269. The van der Waals surface area contributed by atoms with E-state index in [0.29, 0.717) is 82.7 Å². The van der Waals surface area contributed by atoms with Crippen LogP contribution in [-0.4, -0.2) is 81.7 Å². The van der Waals surface area contributed by atoms with Gasteiger partial charge in [0.05, 0.1) is 47.7 Å². The number of pyridine rings is 1. The molecule has 1 aromatic heterocycles. The van der Waals surface area contributed by atoms with Crippen LogP contribution in [0.4, 0.5) is 5.82 Å². The number of nitrogens with one attached hydrogen (secondary N) is 1. The Labute approximate surface area is 410 Å². The summed E-state index contributed by atoms with van der Waals surface area (Å²) in [5.74, 6) is 0.784. The second-order valence-corrected chi connectivity index (χ2v) is 19.6. The van der Waals surface area contributed by atoms with E-state index in [1.807, 2.05) is 71.6 Å². The molecule has 0 bridgehead atoms. The number of carbonyl (C=O) groups excluding carboxylic acids is 2. The predicted octanol–water partition coefficient (Wildman–Crippen LogP) is 8.18. The average molecular weight is 989 g/mol. The number of morpholine rings is 1. The molecular weight excluding hydrogens is 942 g/mol. The molecule has 9 rings (SSSR count). The third kappa shape index (κ3) is 10.5. The smallest absolute Gasteiger partial charge is 0.328 e. The van der Waals surface area contributed by atoms with Gasteiger partial charge in [-0.2, -0.15) is 9.57 Å². The van der Waals surface area contributed by atoms with Gasteiger partial charge in [0.25, 0.3) is 0 Å². The highest BCUT2D eigenvalue weighted by Crippen LogP contribution is 2.42. The minimum Gasteiger partial charge on any atom is -0.489 e. The van der Waals surface area contributed by atoms with Crippen LogP contribution in [-0.2, 0) is 55.1 Å². The number of amides is 1. The van der Waals surface area contributed by atoms with Crippen LogP contribution in [0.5, 0.6) is 17.2 Å². The number of hydrogen-bond donors (Lipinski definition) is 1. The third-order valence-electron chi connectivity index (χ3n) is 12.4. The summed E-state index contributed by atoms with van der Waals surface area (Å²) >= 11 is 12.2. The molecule has 0 aliphatic carbocycles. The Morgan fingerprint density at radius 2 is 1.57 bits per heavy atom. The Kier molecular flexibility index (Phi) is 14.1. The minimum absolute atomic E-state index is 0.0321. The van der Waals surface area contributed by atoms with Crippen LogP contribution in [0.3, 0.4) is 0 Å². The maximum absolute atomic E-state index is 15.0. The van der Waals surface area contributed by atoms with E-state index in [0.717, 1.165) is 27.8 Å². The van der Waals surface area contributed by atoms with Gasteiger partial charge in [-0.1, -0.05) is 77.8 Å². The Bertz CT molecular complexity index is 3040. The average Bonchev–Trinajstić information content (AvgIpc) is 3.37. The molecule has 3 aliphatic heterocycles. The van der Waals surface area contributed by atoms with Crippen LogP contribution in [0.1, 0.15) is 45.2 Å². The number of sulfonamides is 1. The van der Waals surface area contributed by atoms with Crippen LogP contribution in [0, 0.1) is 18.3 Å². The van der Waals surface area contributed by atoms with E-state index in [1.165, 1.54) is 17.5 Å². The minimum atomic E-state index is -4.40. The highest BCUT2D eigenvalue weighted by molar-refractivity contribution is 7.89. The third-order valence-corrected chi connectivity index (χ3v) is 15.2. The number of aryl methyl sites for hydroxylation is 1. The Hall–Kier alpha value is -6.67. The standard InChI is InChI=1S/C52H47Cl2N5O9S/c1-32-49(17-18-50(56-32)58-19-21-65-22-20-58)69(62,63)59-29-40-27-47-46(67-31-48(68-47)38-12-14-41(15-13-38)66-30-35-7-16-42(53)43(54)23-35)26-39(40)25-45(59)51(60)57-44(52(61)64-2)24-33-3-8-36(9-4-33)37-10-5-34(28-55)6-11-37/h3-18,23,26-27,44-45,48H,19-22,24-25,29-31H2,1-2H3,(H,57,60). The van der Waals surface area contributed by atoms with Gasteiger partial charge >= 0.3 is 5.97 Å². The topological polar surface area (TPSA) is 170 Å². The quantitative estimate of drug-likeness (QED) is 0.110. The van der Waals surface area contributed by atoms with E-state index >= 15 is 0 Å². The van der Waals surface area contributed by atoms with Gasteiger partial charge in [-0.15, -0.1) is 0 Å². The number of nitriles is 1. The van der Waals surface area contributed by atoms with Gasteiger partial charge in [0, 0.05) is 26.1 Å². The van der Waals surface area contributed by atoms with E-state index in [2.05, 4.69) is 11.4 Å². The molecule has 0 saturated carbocycles. The SMILES string of the molecule is COC(=O)C(Cc1ccc(-c2ccc(C#N)cc2)cc1)NC(=O)C1Cc2cc3c(cc2CN1S(=O)(=O)c1ccc(N2CCOCC2)nc1C)OC(c1ccc(OCc2ccc(Cl)c(Cl)c2)cc1)CO3. The summed E-state index contributed by atoms with van der Waals surface area (Å²) in [6, 6.07) is 33.9. The number of carbonyl (C=O) groups is 2. The number of anilines is 1. The largest absolute Gasteiger partial charge is 0.489 e. The Morgan fingerprint density at radius 3 is 2.25 bits per heavy atom. The molecule has 1 amide bonds. The van der Waals surface area contributed by atoms with E-state index in [9.17, 15) is 23.3 Å². The molecular formula is C52H47Cl2N5O9S. The molecule has 3 atom stereocenters. The van der Waals surface area contributed by atoms with Crippen molar-refractivity contribution in [2.24, 2.45) is 0 Å². The lowest BCUT2D eigenvalue weighted by Gasteiger charge is -2.37. The molecule has 0 radical (unpaired) electrons. The first-order valence-electron chi connectivity index (χ1n) is 22.3. The predicted molar refractivity (Wildman–Crippen MR) is 259 cm³/mol. The number of aromatic nitrogens is 1. The summed E-state index contributed by atoms with van der Waals surface area (Å²) in [7, 11) is -3.17. The molecule has 1 saturated heterocycles.